The highest BCUT2D eigenvalue weighted by Gasteiger charge is 2.50. The van der Waals surface area contributed by atoms with Crippen LogP contribution in [-0.4, -0.2) is 22.2 Å². The van der Waals surface area contributed by atoms with Gasteiger partial charge in [0.15, 0.2) is 5.78 Å². The van der Waals surface area contributed by atoms with Crippen LogP contribution in [0.4, 0.5) is 0 Å². The van der Waals surface area contributed by atoms with Gasteiger partial charge in [-0.2, -0.15) is 0 Å². The molecule has 0 aromatic rings. The average molecular weight is 285 g/mol. The summed E-state index contributed by atoms with van der Waals surface area (Å²) < 4.78 is 0. The number of Topliss-reactive ketones (excluding diaryl/α,β-unsaturated/α-hetero) is 1. The Bertz CT molecular complexity index is 397. The second kappa shape index (κ2) is 4.17. The van der Waals surface area contributed by atoms with Crippen LogP contribution >= 0.6 is 15.9 Å². The molecule has 4 unspecified atom stereocenters. The van der Waals surface area contributed by atoms with E-state index in [-0.39, 0.29) is 28.9 Å². The molecule has 0 spiro atoms. The number of carbonyl (C=O) groups is 2. The van der Waals surface area contributed by atoms with Gasteiger partial charge in [-0.15, -0.1) is 0 Å². The van der Waals surface area contributed by atoms with Crippen LogP contribution in [-0.2, 0) is 9.59 Å². The molecule has 16 heavy (non-hydrogen) atoms. The number of carboxylic acid groups (broad SMARTS) is 1. The van der Waals surface area contributed by atoms with E-state index in [0.29, 0.717) is 11.5 Å². The third-order valence-electron chi connectivity index (χ3n) is 3.64. The third-order valence-corrected chi connectivity index (χ3v) is 4.15. The van der Waals surface area contributed by atoms with Crippen LogP contribution in [0.1, 0.15) is 6.92 Å². The van der Waals surface area contributed by atoms with Crippen molar-refractivity contribution in [3.63, 3.8) is 0 Å². The van der Waals surface area contributed by atoms with E-state index in [1.807, 2.05) is 19.1 Å². The van der Waals surface area contributed by atoms with Gasteiger partial charge in [0.1, 0.15) is 0 Å². The molecular weight excluding hydrogens is 272 g/mol. The van der Waals surface area contributed by atoms with Crippen molar-refractivity contribution in [1.29, 1.82) is 0 Å². The van der Waals surface area contributed by atoms with E-state index in [9.17, 15) is 9.59 Å². The van der Waals surface area contributed by atoms with Gasteiger partial charge in [0, 0.05) is 5.57 Å². The van der Waals surface area contributed by atoms with E-state index in [4.69, 9.17) is 5.11 Å². The number of rotatable bonds is 3. The van der Waals surface area contributed by atoms with Crippen LogP contribution in [0.25, 0.3) is 0 Å². The van der Waals surface area contributed by atoms with Crippen LogP contribution in [0.2, 0.25) is 0 Å². The highest BCUT2D eigenvalue weighted by molar-refractivity contribution is 9.09. The second-order valence-corrected chi connectivity index (χ2v) is 4.98. The lowest BCUT2D eigenvalue weighted by atomic mass is 9.58. The molecule has 4 atom stereocenters. The average Bonchev–Trinajstić information content (AvgIpc) is 2.55. The zero-order valence-electron chi connectivity index (χ0n) is 8.89. The minimum absolute atomic E-state index is 0.00417. The lowest BCUT2D eigenvalue weighted by Crippen LogP contribution is -2.47. The van der Waals surface area contributed by atoms with Gasteiger partial charge >= 0.3 is 5.97 Å². The first kappa shape index (κ1) is 11.6. The van der Waals surface area contributed by atoms with Gasteiger partial charge in [0.05, 0.1) is 11.2 Å². The molecule has 3 nitrogen and oxygen atoms in total. The summed E-state index contributed by atoms with van der Waals surface area (Å²) in [5.41, 5.74) is 0.639. The van der Waals surface area contributed by atoms with Crippen molar-refractivity contribution < 1.29 is 14.7 Å². The monoisotopic (exact) mass is 284 g/mol. The zero-order chi connectivity index (χ0) is 11.9. The third kappa shape index (κ3) is 1.65. The Balaban J connectivity index is 2.30. The van der Waals surface area contributed by atoms with Crippen molar-refractivity contribution in [3.8, 4) is 0 Å². The molecule has 2 bridgehead atoms. The molecule has 3 aliphatic rings. The van der Waals surface area contributed by atoms with Crippen LogP contribution in [0, 0.1) is 23.7 Å². The molecule has 1 fully saturated rings. The van der Waals surface area contributed by atoms with E-state index < -0.39 is 5.97 Å². The standard InChI is InChI=1S/C12H13BrO3/c1-6-8-3-2-7(10(14)5-13)4-9(6)11(8)12(15)16/h2-4,6,8-9,11H,5H2,1H3,(H,15,16). The maximum absolute atomic E-state index is 11.6. The van der Waals surface area contributed by atoms with Crippen molar-refractivity contribution in [3.05, 3.63) is 23.8 Å². The van der Waals surface area contributed by atoms with E-state index in [0.717, 1.165) is 0 Å². The van der Waals surface area contributed by atoms with Gasteiger partial charge in [0.2, 0.25) is 0 Å². The van der Waals surface area contributed by atoms with Gasteiger partial charge in [-0.25, -0.2) is 0 Å². The predicted octanol–water partition coefficient (Wildman–Crippen LogP) is 2.03. The Kier molecular flexibility index (Phi) is 3.02. The number of carboxylic acids is 1. The molecule has 0 aliphatic heterocycles. The van der Waals surface area contributed by atoms with Gasteiger partial charge in [-0.3, -0.25) is 9.59 Å². The van der Waals surface area contributed by atoms with Crippen LogP contribution in [0.3, 0.4) is 0 Å². The fourth-order valence-electron chi connectivity index (χ4n) is 2.64. The number of hydrogen-bond donors (Lipinski definition) is 1. The Morgan fingerprint density at radius 3 is 2.69 bits per heavy atom. The maximum atomic E-state index is 11.6. The number of hydrogen-bond acceptors (Lipinski definition) is 2. The Labute approximate surface area is 102 Å². The number of carbonyl (C=O) groups excluding carboxylic acids is 1. The van der Waals surface area contributed by atoms with Crippen LogP contribution in [0.5, 0.6) is 0 Å². The minimum atomic E-state index is -0.762. The van der Waals surface area contributed by atoms with E-state index in [1.54, 1.807) is 6.08 Å². The summed E-state index contributed by atoms with van der Waals surface area (Å²) in [6.07, 6.45) is 5.47. The molecule has 0 heterocycles. The molecule has 0 aromatic carbocycles. The molecule has 1 saturated carbocycles. The quantitative estimate of drug-likeness (QED) is 0.807. The molecule has 3 aliphatic carbocycles. The topological polar surface area (TPSA) is 54.4 Å². The molecule has 86 valence electrons. The highest BCUT2D eigenvalue weighted by Crippen LogP contribution is 2.49. The van der Waals surface area contributed by atoms with Gasteiger partial charge in [-0.1, -0.05) is 41.1 Å². The summed E-state index contributed by atoms with van der Waals surface area (Å²) in [4.78, 5) is 22.6. The number of ketones is 1. The Morgan fingerprint density at radius 2 is 2.12 bits per heavy atom. The Morgan fingerprint density at radius 1 is 1.44 bits per heavy atom. The van der Waals surface area contributed by atoms with E-state index >= 15 is 0 Å². The van der Waals surface area contributed by atoms with Crippen molar-refractivity contribution in [2.24, 2.45) is 23.7 Å². The smallest absolute Gasteiger partial charge is 0.307 e. The molecule has 4 heteroatoms. The molecule has 0 radical (unpaired) electrons. The SMILES string of the molecule is CC1C2C=CC(C(=O)CBr)=CC1C2C(=O)O. The van der Waals surface area contributed by atoms with Crippen molar-refractivity contribution in [2.45, 2.75) is 6.92 Å². The minimum Gasteiger partial charge on any atom is -0.481 e. The van der Waals surface area contributed by atoms with Crippen molar-refractivity contribution >= 4 is 27.7 Å². The van der Waals surface area contributed by atoms with E-state index in [1.165, 1.54) is 0 Å². The van der Waals surface area contributed by atoms with Crippen LogP contribution in [0.15, 0.2) is 23.8 Å². The normalized spacial score (nSPS) is 36.0. The maximum Gasteiger partial charge on any atom is 0.307 e. The lowest BCUT2D eigenvalue weighted by molar-refractivity contribution is -0.152. The molecule has 1 N–H and O–H groups in total. The molecule has 0 aromatic heterocycles. The first-order valence-electron chi connectivity index (χ1n) is 5.28. The number of allylic oxidation sites excluding steroid dienone is 4. The highest BCUT2D eigenvalue weighted by atomic mass is 79.9. The molecule has 0 saturated heterocycles. The fourth-order valence-corrected chi connectivity index (χ4v) is 2.97. The van der Waals surface area contributed by atoms with Crippen LogP contribution < -0.4 is 0 Å². The number of aliphatic carboxylic acids is 1. The number of halogens is 1. The zero-order valence-corrected chi connectivity index (χ0v) is 10.5. The first-order valence-corrected chi connectivity index (χ1v) is 6.40. The summed E-state index contributed by atoms with van der Waals surface area (Å²) in [7, 11) is 0. The molecular formula is C12H13BrO3. The summed E-state index contributed by atoms with van der Waals surface area (Å²) in [5, 5.41) is 9.39. The van der Waals surface area contributed by atoms with Gasteiger partial charge < -0.3 is 5.11 Å². The van der Waals surface area contributed by atoms with Gasteiger partial charge in [0.25, 0.3) is 0 Å². The predicted molar refractivity (Wildman–Crippen MR) is 63.3 cm³/mol. The second-order valence-electron chi connectivity index (χ2n) is 4.42. The lowest BCUT2D eigenvalue weighted by Gasteiger charge is -2.45. The number of fused-ring (bicyclic) bond motifs is 1. The number of alkyl halides is 1. The largest absolute Gasteiger partial charge is 0.481 e. The molecule has 3 rings (SSSR count). The summed E-state index contributed by atoms with van der Waals surface area (Å²) in [6, 6.07) is 0. The summed E-state index contributed by atoms with van der Waals surface area (Å²) >= 11 is 3.13. The fraction of sp³-hybridized carbons (Fsp3) is 0.500. The molecule has 0 amide bonds. The van der Waals surface area contributed by atoms with E-state index in [2.05, 4.69) is 15.9 Å². The summed E-state index contributed by atoms with van der Waals surface area (Å²) in [6.45, 7) is 2.04. The van der Waals surface area contributed by atoms with Gasteiger partial charge in [-0.05, 0) is 17.8 Å². The first-order chi connectivity index (χ1) is 7.56. The Hall–Kier alpha value is -0.900. The van der Waals surface area contributed by atoms with Crippen molar-refractivity contribution in [2.75, 3.05) is 5.33 Å². The van der Waals surface area contributed by atoms with Crippen molar-refractivity contribution in [1.82, 2.24) is 0 Å². The summed E-state index contributed by atoms with van der Waals surface area (Å²) in [5.74, 6) is -0.721.